The third-order valence-corrected chi connectivity index (χ3v) is 8.52. The predicted octanol–water partition coefficient (Wildman–Crippen LogP) is 2.33. The van der Waals surface area contributed by atoms with Crippen molar-refractivity contribution in [2.24, 2.45) is 11.8 Å². The van der Waals surface area contributed by atoms with Crippen LogP contribution in [0, 0.1) is 18.8 Å². The molecule has 21 heavy (non-hydrogen) atoms. The summed E-state index contributed by atoms with van der Waals surface area (Å²) in [7, 11) is -3.55. The highest BCUT2D eigenvalue weighted by molar-refractivity contribution is 7.91. The largest absolute Gasteiger partial charge is 0.315 e. The van der Waals surface area contributed by atoms with Crippen molar-refractivity contribution < 1.29 is 8.42 Å². The minimum absolute atomic E-state index is 0.115. The fraction of sp³-hybridized carbons (Fsp3) is 0.786. The smallest absolute Gasteiger partial charge is 0.305 e. The van der Waals surface area contributed by atoms with Gasteiger partial charge in [-0.15, -0.1) is 0 Å². The molecule has 2 aliphatic rings. The molecule has 0 amide bonds. The molecule has 1 N–H and O–H groups in total. The van der Waals surface area contributed by atoms with E-state index in [1.54, 1.807) is 11.2 Å². The summed E-state index contributed by atoms with van der Waals surface area (Å²) in [6, 6.07) is 0.115. The van der Waals surface area contributed by atoms with Gasteiger partial charge in [0.2, 0.25) is 0 Å². The number of fused-ring (bicyclic) bond motifs is 1. The van der Waals surface area contributed by atoms with Gasteiger partial charge in [0, 0.05) is 18.3 Å². The van der Waals surface area contributed by atoms with Crippen LogP contribution in [0.25, 0.3) is 0 Å². The van der Waals surface area contributed by atoms with Crippen LogP contribution in [0.5, 0.6) is 0 Å². The number of hydrogen-bond acceptors (Lipinski definition) is 4. The molecule has 118 valence electrons. The lowest BCUT2D eigenvalue weighted by Gasteiger charge is -2.46. The van der Waals surface area contributed by atoms with Crippen molar-refractivity contribution in [3.05, 3.63) is 15.4 Å². The lowest BCUT2D eigenvalue weighted by Crippen LogP contribution is -2.52. The Bertz CT molecular complexity index is 677. The van der Waals surface area contributed by atoms with Crippen LogP contribution in [0.2, 0.25) is 0 Å². The number of piperidine rings is 1. The highest BCUT2D eigenvalue weighted by Gasteiger charge is 2.43. The van der Waals surface area contributed by atoms with Gasteiger partial charge in [0.15, 0.2) is 4.21 Å². The van der Waals surface area contributed by atoms with Crippen LogP contribution in [0.3, 0.4) is 0 Å². The molecule has 5 nitrogen and oxygen atoms in total. The summed E-state index contributed by atoms with van der Waals surface area (Å²) in [6.07, 6.45) is 5.30. The average molecular weight is 330 g/mol. The Hall–Kier alpha value is -0.660. The van der Waals surface area contributed by atoms with Gasteiger partial charge in [-0.3, -0.25) is 4.79 Å². The summed E-state index contributed by atoms with van der Waals surface area (Å²) in [5.41, 5.74) is 0.469. The van der Waals surface area contributed by atoms with Gasteiger partial charge < -0.3 is 4.98 Å². The zero-order valence-corrected chi connectivity index (χ0v) is 14.1. The van der Waals surface area contributed by atoms with E-state index in [-0.39, 0.29) is 15.1 Å². The Kier molecular flexibility index (Phi) is 4.00. The number of rotatable bonds is 2. The van der Waals surface area contributed by atoms with E-state index < -0.39 is 10.0 Å². The second kappa shape index (κ2) is 5.52. The Balaban J connectivity index is 1.98. The third-order valence-electron chi connectivity index (χ3n) is 5.01. The molecule has 1 aliphatic carbocycles. The molecule has 2 heterocycles. The van der Waals surface area contributed by atoms with Gasteiger partial charge >= 0.3 is 4.87 Å². The topological polar surface area (TPSA) is 70.2 Å². The standard InChI is InChI=1S/C14H22N2O3S2/c1-9-7-8-16(12-6-4-3-5-11(9)12)21(18,19)13-10(2)15-14(17)20-13/h9,11-12H,3-8H2,1-2H3,(H,15,17). The summed E-state index contributed by atoms with van der Waals surface area (Å²) in [5, 5.41) is 0. The van der Waals surface area contributed by atoms with Crippen molar-refractivity contribution >= 4 is 21.4 Å². The SMILES string of the molecule is Cc1[nH]c(=O)sc1S(=O)(=O)N1CCC(C)C2CCCCC21. The second-order valence-corrected chi connectivity index (χ2v) is 9.39. The molecule has 1 saturated heterocycles. The first-order chi connectivity index (χ1) is 9.91. The monoisotopic (exact) mass is 330 g/mol. The lowest BCUT2D eigenvalue weighted by atomic mass is 9.74. The highest BCUT2D eigenvalue weighted by atomic mass is 32.2. The Morgan fingerprint density at radius 3 is 2.62 bits per heavy atom. The van der Waals surface area contributed by atoms with Crippen LogP contribution >= 0.6 is 11.3 Å². The van der Waals surface area contributed by atoms with Crippen molar-refractivity contribution in [3.8, 4) is 0 Å². The van der Waals surface area contributed by atoms with Crippen molar-refractivity contribution in [2.75, 3.05) is 6.54 Å². The van der Waals surface area contributed by atoms with E-state index >= 15 is 0 Å². The van der Waals surface area contributed by atoms with Gasteiger partial charge in [0.05, 0.1) is 0 Å². The summed E-state index contributed by atoms with van der Waals surface area (Å²) >= 11 is 0.814. The van der Waals surface area contributed by atoms with Crippen LogP contribution < -0.4 is 4.87 Å². The molecular weight excluding hydrogens is 308 g/mol. The minimum Gasteiger partial charge on any atom is -0.315 e. The summed E-state index contributed by atoms with van der Waals surface area (Å²) in [5.74, 6) is 1.06. The number of nitrogens with one attached hydrogen (secondary N) is 1. The summed E-state index contributed by atoms with van der Waals surface area (Å²) in [4.78, 5) is 13.8. The van der Waals surface area contributed by atoms with Crippen LogP contribution in [-0.2, 0) is 10.0 Å². The molecular formula is C14H22N2O3S2. The number of aryl methyl sites for hydroxylation is 1. The molecule has 1 aliphatic heterocycles. The molecule has 3 unspecified atom stereocenters. The molecule has 2 fully saturated rings. The third kappa shape index (κ3) is 2.59. The average Bonchev–Trinajstić information content (AvgIpc) is 2.79. The maximum absolute atomic E-state index is 13.0. The highest BCUT2D eigenvalue weighted by Crippen LogP contribution is 2.41. The van der Waals surface area contributed by atoms with E-state index in [0.717, 1.165) is 37.0 Å². The molecule has 0 radical (unpaired) electrons. The van der Waals surface area contributed by atoms with E-state index in [0.29, 0.717) is 24.1 Å². The number of nitrogens with zero attached hydrogens (tertiary/aromatic N) is 1. The normalized spacial score (nSPS) is 31.0. The van der Waals surface area contributed by atoms with Crippen LogP contribution in [0.1, 0.15) is 44.7 Å². The number of hydrogen-bond donors (Lipinski definition) is 1. The van der Waals surface area contributed by atoms with Gasteiger partial charge in [-0.1, -0.05) is 31.1 Å². The van der Waals surface area contributed by atoms with Crippen LogP contribution in [0.4, 0.5) is 0 Å². The van der Waals surface area contributed by atoms with Crippen molar-refractivity contribution in [2.45, 2.75) is 56.2 Å². The molecule has 1 saturated carbocycles. The molecule has 0 spiro atoms. The fourth-order valence-corrected chi connectivity index (χ4v) is 7.04. The van der Waals surface area contributed by atoms with Crippen molar-refractivity contribution in [1.82, 2.24) is 9.29 Å². The van der Waals surface area contributed by atoms with E-state index in [1.165, 1.54) is 6.42 Å². The summed E-state index contributed by atoms with van der Waals surface area (Å²) < 4.78 is 27.8. The molecule has 7 heteroatoms. The number of aromatic amines is 1. The molecule has 3 rings (SSSR count). The quantitative estimate of drug-likeness (QED) is 0.905. The first-order valence-electron chi connectivity index (χ1n) is 7.63. The molecule has 1 aromatic rings. The van der Waals surface area contributed by atoms with Crippen LogP contribution in [0.15, 0.2) is 9.00 Å². The van der Waals surface area contributed by atoms with E-state index in [1.807, 2.05) is 0 Å². The van der Waals surface area contributed by atoms with Crippen molar-refractivity contribution in [1.29, 1.82) is 0 Å². The van der Waals surface area contributed by atoms with Gasteiger partial charge in [-0.2, -0.15) is 4.31 Å². The van der Waals surface area contributed by atoms with Crippen molar-refractivity contribution in [3.63, 3.8) is 0 Å². The van der Waals surface area contributed by atoms with Crippen LogP contribution in [-0.4, -0.2) is 30.3 Å². The molecule has 3 atom stereocenters. The number of H-pyrrole nitrogens is 1. The zero-order chi connectivity index (χ0) is 15.2. The Morgan fingerprint density at radius 1 is 1.24 bits per heavy atom. The maximum atomic E-state index is 13.0. The van der Waals surface area contributed by atoms with Gasteiger partial charge in [-0.25, -0.2) is 8.42 Å². The van der Waals surface area contributed by atoms with Gasteiger partial charge in [0.25, 0.3) is 10.0 Å². The van der Waals surface area contributed by atoms with E-state index in [4.69, 9.17) is 0 Å². The predicted molar refractivity (Wildman–Crippen MR) is 83.1 cm³/mol. The molecule has 0 aromatic carbocycles. The maximum Gasteiger partial charge on any atom is 0.305 e. The summed E-state index contributed by atoms with van der Waals surface area (Å²) in [6.45, 7) is 4.48. The second-order valence-electron chi connectivity index (χ2n) is 6.32. The van der Waals surface area contributed by atoms with Gasteiger partial charge in [0.1, 0.15) is 0 Å². The van der Waals surface area contributed by atoms with E-state index in [9.17, 15) is 13.2 Å². The lowest BCUT2D eigenvalue weighted by molar-refractivity contribution is 0.0828. The Morgan fingerprint density at radius 2 is 1.95 bits per heavy atom. The zero-order valence-electron chi connectivity index (χ0n) is 12.5. The Labute approximate surface area is 129 Å². The number of sulfonamides is 1. The molecule has 1 aromatic heterocycles. The first kappa shape index (κ1) is 15.2. The number of thiazole rings is 1. The molecule has 0 bridgehead atoms. The first-order valence-corrected chi connectivity index (χ1v) is 9.88. The van der Waals surface area contributed by atoms with Gasteiger partial charge in [-0.05, 0) is 38.0 Å². The minimum atomic E-state index is -3.55. The number of aromatic nitrogens is 1. The van der Waals surface area contributed by atoms with E-state index in [2.05, 4.69) is 11.9 Å². The fourth-order valence-electron chi connectivity index (χ4n) is 3.91.